The lowest BCUT2D eigenvalue weighted by Crippen LogP contribution is -2.45. The van der Waals surface area contributed by atoms with E-state index in [4.69, 9.17) is 10.5 Å². The van der Waals surface area contributed by atoms with Crippen LogP contribution < -0.4 is 15.2 Å². The number of aryl methyl sites for hydroxylation is 1. The van der Waals surface area contributed by atoms with Gasteiger partial charge in [-0.25, -0.2) is 13.1 Å². The number of hydrogen-bond acceptors (Lipinski definition) is 4. The molecule has 0 aliphatic rings. The Morgan fingerprint density at radius 2 is 1.95 bits per heavy atom. The van der Waals surface area contributed by atoms with E-state index in [9.17, 15) is 8.42 Å². The van der Waals surface area contributed by atoms with Gasteiger partial charge in [-0.3, -0.25) is 0 Å². The van der Waals surface area contributed by atoms with E-state index < -0.39 is 15.6 Å². The van der Waals surface area contributed by atoms with Crippen LogP contribution in [0.3, 0.4) is 0 Å². The Bertz CT molecular complexity index is 560. The van der Waals surface area contributed by atoms with Gasteiger partial charge in [-0.05, 0) is 58.4 Å². The molecule has 0 saturated heterocycles. The van der Waals surface area contributed by atoms with E-state index in [-0.39, 0.29) is 17.5 Å². The van der Waals surface area contributed by atoms with Crippen LogP contribution in [-0.4, -0.2) is 26.6 Å². The molecule has 0 aliphatic carbocycles. The Labute approximate surface area is 121 Å². The van der Waals surface area contributed by atoms with Crippen molar-refractivity contribution in [1.82, 2.24) is 4.72 Å². The molecule has 5 nitrogen and oxygen atoms in total. The minimum Gasteiger partial charge on any atom is -0.491 e. The summed E-state index contributed by atoms with van der Waals surface area (Å²) in [6, 6.07) is 4.82. The molecule has 20 heavy (non-hydrogen) atoms. The van der Waals surface area contributed by atoms with Gasteiger partial charge in [0.25, 0.3) is 0 Å². The quantitative estimate of drug-likeness (QED) is 0.839. The lowest BCUT2D eigenvalue weighted by molar-refractivity contribution is 0.240. The van der Waals surface area contributed by atoms with Crippen molar-refractivity contribution >= 4 is 10.0 Å². The number of sulfonamides is 1. The van der Waals surface area contributed by atoms with Crippen molar-refractivity contribution in [3.8, 4) is 5.75 Å². The number of hydrogen-bond donors (Lipinski definition) is 2. The van der Waals surface area contributed by atoms with Crippen molar-refractivity contribution in [3.05, 3.63) is 23.8 Å². The molecule has 3 N–H and O–H groups in total. The molecular formula is C14H24N2O3S. The van der Waals surface area contributed by atoms with Gasteiger partial charge in [0.15, 0.2) is 0 Å². The second-order valence-corrected chi connectivity index (χ2v) is 7.67. The van der Waals surface area contributed by atoms with Crippen molar-refractivity contribution in [1.29, 1.82) is 0 Å². The maximum absolute atomic E-state index is 12.2. The summed E-state index contributed by atoms with van der Waals surface area (Å²) < 4.78 is 32.4. The number of rotatable bonds is 6. The van der Waals surface area contributed by atoms with E-state index in [0.717, 1.165) is 5.56 Å². The molecule has 0 unspecified atom stereocenters. The van der Waals surface area contributed by atoms with Crippen LogP contribution in [-0.2, 0) is 10.0 Å². The number of benzene rings is 1. The van der Waals surface area contributed by atoms with E-state index in [2.05, 4.69) is 4.72 Å². The van der Waals surface area contributed by atoms with Gasteiger partial charge in [0.05, 0.1) is 11.0 Å². The average Bonchev–Trinajstić information content (AvgIpc) is 2.28. The van der Waals surface area contributed by atoms with Crippen LogP contribution in [0.25, 0.3) is 0 Å². The Kier molecular flexibility index (Phi) is 5.18. The Hall–Kier alpha value is -1.11. The largest absolute Gasteiger partial charge is 0.491 e. The smallest absolute Gasteiger partial charge is 0.240 e. The highest BCUT2D eigenvalue weighted by Crippen LogP contribution is 2.22. The Morgan fingerprint density at radius 1 is 1.35 bits per heavy atom. The third kappa shape index (κ3) is 5.11. The fraction of sp³-hybridized carbons (Fsp3) is 0.571. The average molecular weight is 300 g/mol. The highest BCUT2D eigenvalue weighted by molar-refractivity contribution is 7.89. The summed E-state index contributed by atoms with van der Waals surface area (Å²) in [4.78, 5) is 0.218. The van der Waals surface area contributed by atoms with Crippen molar-refractivity contribution in [2.45, 2.75) is 51.2 Å². The van der Waals surface area contributed by atoms with Crippen LogP contribution in [0.5, 0.6) is 5.75 Å². The van der Waals surface area contributed by atoms with Gasteiger partial charge < -0.3 is 10.5 Å². The lowest BCUT2D eigenvalue weighted by atomic mass is 10.1. The van der Waals surface area contributed by atoms with Crippen LogP contribution >= 0.6 is 0 Å². The highest BCUT2D eigenvalue weighted by Gasteiger charge is 2.19. The molecule has 0 bridgehead atoms. The van der Waals surface area contributed by atoms with Gasteiger partial charge in [-0.1, -0.05) is 0 Å². The zero-order valence-corrected chi connectivity index (χ0v) is 13.5. The second-order valence-electron chi connectivity index (χ2n) is 5.91. The molecule has 0 radical (unpaired) electrons. The fourth-order valence-corrected chi connectivity index (χ4v) is 2.85. The van der Waals surface area contributed by atoms with Gasteiger partial charge >= 0.3 is 0 Å². The van der Waals surface area contributed by atoms with Crippen molar-refractivity contribution < 1.29 is 13.2 Å². The maximum atomic E-state index is 12.2. The van der Waals surface area contributed by atoms with E-state index in [0.29, 0.717) is 5.75 Å². The number of nitrogens with two attached hydrogens (primary N) is 1. The normalized spacial score (nSPS) is 12.8. The second kappa shape index (κ2) is 6.11. The Morgan fingerprint density at radius 3 is 2.40 bits per heavy atom. The van der Waals surface area contributed by atoms with Crippen LogP contribution in [0.4, 0.5) is 0 Å². The molecule has 1 rings (SSSR count). The van der Waals surface area contributed by atoms with Crippen molar-refractivity contribution in [2.24, 2.45) is 5.73 Å². The number of ether oxygens (including phenoxy) is 1. The highest BCUT2D eigenvalue weighted by atomic mass is 32.2. The van der Waals surface area contributed by atoms with E-state index in [1.807, 2.05) is 20.8 Å². The molecule has 114 valence electrons. The first-order chi connectivity index (χ1) is 9.01. The molecule has 0 spiro atoms. The minimum atomic E-state index is -3.55. The van der Waals surface area contributed by atoms with Crippen LogP contribution in [0.2, 0.25) is 0 Å². The minimum absolute atomic E-state index is 0.0484. The first-order valence-electron chi connectivity index (χ1n) is 6.57. The van der Waals surface area contributed by atoms with Gasteiger partial charge in [-0.15, -0.1) is 0 Å². The van der Waals surface area contributed by atoms with Gasteiger partial charge in [0, 0.05) is 12.1 Å². The molecule has 1 aromatic rings. The van der Waals surface area contributed by atoms with Gasteiger partial charge in [0.1, 0.15) is 5.75 Å². The third-order valence-corrected chi connectivity index (χ3v) is 3.94. The summed E-state index contributed by atoms with van der Waals surface area (Å²) >= 11 is 0. The van der Waals surface area contributed by atoms with Crippen LogP contribution in [0, 0.1) is 6.92 Å². The summed E-state index contributed by atoms with van der Waals surface area (Å²) in [6.45, 7) is 9.38. The van der Waals surface area contributed by atoms with Gasteiger partial charge in [-0.2, -0.15) is 0 Å². The van der Waals surface area contributed by atoms with Crippen molar-refractivity contribution in [2.75, 3.05) is 6.54 Å². The summed E-state index contributed by atoms with van der Waals surface area (Å²) in [7, 11) is -3.55. The van der Waals surface area contributed by atoms with Crippen LogP contribution in [0.15, 0.2) is 23.1 Å². The third-order valence-electron chi connectivity index (χ3n) is 2.54. The lowest BCUT2D eigenvalue weighted by Gasteiger charge is -2.19. The number of nitrogens with one attached hydrogen (secondary N) is 1. The van der Waals surface area contributed by atoms with E-state index >= 15 is 0 Å². The van der Waals surface area contributed by atoms with Gasteiger partial charge in [0.2, 0.25) is 10.0 Å². The van der Waals surface area contributed by atoms with Crippen LogP contribution in [0.1, 0.15) is 33.3 Å². The zero-order chi connectivity index (χ0) is 15.6. The SMILES string of the molecule is Cc1cc(S(=O)(=O)NCC(C)(C)N)ccc1OC(C)C. The summed E-state index contributed by atoms with van der Waals surface area (Å²) in [5, 5.41) is 0. The summed E-state index contributed by atoms with van der Waals surface area (Å²) in [5.74, 6) is 0.693. The van der Waals surface area contributed by atoms with E-state index in [1.54, 1.807) is 26.0 Å². The molecule has 0 amide bonds. The molecule has 0 aliphatic heterocycles. The standard InChI is InChI=1S/C14H24N2O3S/c1-10(2)19-13-7-6-12(8-11(13)3)20(17,18)16-9-14(4,5)15/h6-8,10,16H,9,15H2,1-5H3. The molecule has 6 heteroatoms. The zero-order valence-electron chi connectivity index (χ0n) is 12.7. The fourth-order valence-electron chi connectivity index (χ4n) is 1.54. The topological polar surface area (TPSA) is 81.4 Å². The summed E-state index contributed by atoms with van der Waals surface area (Å²) in [5.41, 5.74) is 5.97. The maximum Gasteiger partial charge on any atom is 0.240 e. The molecule has 1 aromatic carbocycles. The molecule has 0 atom stereocenters. The molecule has 0 aromatic heterocycles. The monoisotopic (exact) mass is 300 g/mol. The first kappa shape index (κ1) is 16.9. The molecule has 0 heterocycles. The summed E-state index contributed by atoms with van der Waals surface area (Å²) in [6.07, 6.45) is 0.0484. The van der Waals surface area contributed by atoms with Crippen molar-refractivity contribution in [3.63, 3.8) is 0 Å². The molecular weight excluding hydrogens is 276 g/mol. The first-order valence-corrected chi connectivity index (χ1v) is 8.05. The predicted molar refractivity (Wildman–Crippen MR) is 80.4 cm³/mol. The molecule has 0 saturated carbocycles. The van der Waals surface area contributed by atoms with E-state index in [1.165, 1.54) is 6.07 Å². The Balaban J connectivity index is 2.94. The molecule has 0 fully saturated rings. The predicted octanol–water partition coefficient (Wildman–Crippen LogP) is 1.80.